The third-order valence-electron chi connectivity index (χ3n) is 2.68. The molecule has 2 aromatic rings. The van der Waals surface area contributed by atoms with Crippen LogP contribution < -0.4 is 10.1 Å². The normalized spacial score (nSPS) is 12.0. The summed E-state index contributed by atoms with van der Waals surface area (Å²) in [7, 11) is 0. The minimum atomic E-state index is -0.222. The molecule has 1 unspecified atom stereocenters. The molecule has 1 heterocycles. The van der Waals surface area contributed by atoms with Crippen LogP contribution in [0.1, 0.15) is 6.92 Å². The second-order valence-electron chi connectivity index (χ2n) is 4.56. The lowest BCUT2D eigenvalue weighted by molar-refractivity contribution is -0.123. The maximum Gasteiger partial charge on any atom is 0.258 e. The van der Waals surface area contributed by atoms with Gasteiger partial charge in [0.15, 0.2) is 6.61 Å². The molecule has 0 radical (unpaired) electrons. The van der Waals surface area contributed by atoms with Gasteiger partial charge >= 0.3 is 0 Å². The molecule has 1 atom stereocenters. The molecule has 7 heteroatoms. The first-order chi connectivity index (χ1) is 10.0. The van der Waals surface area contributed by atoms with Crippen LogP contribution in [0.3, 0.4) is 0 Å². The van der Waals surface area contributed by atoms with Crippen LogP contribution in [0.25, 0.3) is 0 Å². The maximum atomic E-state index is 11.8. The van der Waals surface area contributed by atoms with Crippen LogP contribution in [0.5, 0.6) is 5.75 Å². The van der Waals surface area contributed by atoms with Crippen LogP contribution in [0.2, 0.25) is 10.0 Å². The fourth-order valence-corrected chi connectivity index (χ4v) is 2.25. The van der Waals surface area contributed by atoms with Crippen molar-refractivity contribution in [3.63, 3.8) is 0 Å². The summed E-state index contributed by atoms with van der Waals surface area (Å²) >= 11 is 11.7. The standard InChI is InChI=1S/C14H15Cl2N3O2/c1-10(8-19-6-2-5-17-19)18-14(20)9-21-13-4-3-11(15)7-12(13)16/h2-7,10H,8-9H2,1H3,(H,18,20). The monoisotopic (exact) mass is 327 g/mol. The fraction of sp³-hybridized carbons (Fsp3) is 0.286. The average molecular weight is 328 g/mol. The van der Waals surface area contributed by atoms with Crippen LogP contribution in [0.15, 0.2) is 36.7 Å². The van der Waals surface area contributed by atoms with Crippen LogP contribution in [-0.2, 0) is 11.3 Å². The number of ether oxygens (including phenoxy) is 1. The smallest absolute Gasteiger partial charge is 0.258 e. The molecular formula is C14H15Cl2N3O2. The number of halogens is 2. The molecule has 1 amide bonds. The maximum absolute atomic E-state index is 11.8. The highest BCUT2D eigenvalue weighted by atomic mass is 35.5. The Hall–Kier alpha value is -1.72. The highest BCUT2D eigenvalue weighted by molar-refractivity contribution is 6.35. The lowest BCUT2D eigenvalue weighted by Gasteiger charge is -2.14. The summed E-state index contributed by atoms with van der Waals surface area (Å²) < 4.78 is 7.12. The summed E-state index contributed by atoms with van der Waals surface area (Å²) in [5.74, 6) is 0.205. The van der Waals surface area contributed by atoms with Crippen molar-refractivity contribution in [3.8, 4) is 5.75 Å². The molecule has 0 aliphatic heterocycles. The number of hydrogen-bond acceptors (Lipinski definition) is 3. The summed E-state index contributed by atoms with van der Waals surface area (Å²) in [5.41, 5.74) is 0. The van der Waals surface area contributed by atoms with Crippen LogP contribution in [0, 0.1) is 0 Å². The molecule has 112 valence electrons. The van der Waals surface area contributed by atoms with E-state index in [1.54, 1.807) is 29.1 Å². The fourth-order valence-electron chi connectivity index (χ4n) is 1.79. The van der Waals surface area contributed by atoms with Crippen LogP contribution in [0.4, 0.5) is 0 Å². The molecule has 0 aliphatic rings. The third kappa shape index (κ3) is 4.95. The Morgan fingerprint density at radius 1 is 1.48 bits per heavy atom. The molecule has 0 saturated heterocycles. The molecule has 21 heavy (non-hydrogen) atoms. The van der Waals surface area contributed by atoms with Gasteiger partial charge in [0.25, 0.3) is 5.91 Å². The van der Waals surface area contributed by atoms with Gasteiger partial charge in [-0.05, 0) is 31.2 Å². The van der Waals surface area contributed by atoms with Crippen molar-refractivity contribution in [1.82, 2.24) is 15.1 Å². The Kier molecular flexibility index (Phi) is 5.47. The molecule has 1 aromatic heterocycles. The van der Waals surface area contributed by atoms with Gasteiger partial charge in [-0.1, -0.05) is 23.2 Å². The predicted molar refractivity (Wildman–Crippen MR) is 81.8 cm³/mol. The van der Waals surface area contributed by atoms with Crippen molar-refractivity contribution in [2.75, 3.05) is 6.61 Å². The molecule has 1 aromatic carbocycles. The molecule has 5 nitrogen and oxygen atoms in total. The molecule has 0 aliphatic carbocycles. The number of rotatable bonds is 6. The highest BCUT2D eigenvalue weighted by Gasteiger charge is 2.10. The van der Waals surface area contributed by atoms with Crippen molar-refractivity contribution < 1.29 is 9.53 Å². The Bertz CT molecular complexity index is 602. The Labute approximate surface area is 132 Å². The SMILES string of the molecule is CC(Cn1cccn1)NC(=O)COc1ccc(Cl)cc1Cl. The number of amides is 1. The van der Waals surface area contributed by atoms with Gasteiger partial charge in [-0.2, -0.15) is 5.10 Å². The lowest BCUT2D eigenvalue weighted by atomic mass is 10.3. The van der Waals surface area contributed by atoms with E-state index in [1.165, 1.54) is 0 Å². The minimum Gasteiger partial charge on any atom is -0.482 e. The van der Waals surface area contributed by atoms with Crippen molar-refractivity contribution in [1.29, 1.82) is 0 Å². The van der Waals surface area contributed by atoms with E-state index in [4.69, 9.17) is 27.9 Å². The summed E-state index contributed by atoms with van der Waals surface area (Å²) in [5, 5.41) is 7.80. The number of hydrogen-bond donors (Lipinski definition) is 1. The van der Waals surface area contributed by atoms with E-state index in [2.05, 4.69) is 10.4 Å². The Morgan fingerprint density at radius 3 is 2.95 bits per heavy atom. The van der Waals surface area contributed by atoms with Crippen molar-refractivity contribution in [3.05, 3.63) is 46.7 Å². The number of benzene rings is 1. The molecule has 0 fully saturated rings. The van der Waals surface area contributed by atoms with Gasteiger partial charge in [0.1, 0.15) is 5.75 Å². The molecule has 2 rings (SSSR count). The summed E-state index contributed by atoms with van der Waals surface area (Å²) in [4.78, 5) is 11.8. The summed E-state index contributed by atoms with van der Waals surface area (Å²) in [6.45, 7) is 2.39. The van der Waals surface area contributed by atoms with Crippen molar-refractivity contribution in [2.45, 2.75) is 19.5 Å². The van der Waals surface area contributed by atoms with Gasteiger partial charge in [0.2, 0.25) is 0 Å². The minimum absolute atomic E-state index is 0.0540. The number of nitrogens with one attached hydrogen (secondary N) is 1. The van der Waals surface area contributed by atoms with Gasteiger partial charge in [-0.15, -0.1) is 0 Å². The second kappa shape index (κ2) is 7.33. The Balaban J connectivity index is 1.79. The first-order valence-electron chi connectivity index (χ1n) is 6.39. The molecule has 0 bridgehead atoms. The van der Waals surface area contributed by atoms with E-state index in [0.29, 0.717) is 22.3 Å². The third-order valence-corrected chi connectivity index (χ3v) is 3.21. The largest absolute Gasteiger partial charge is 0.482 e. The van der Waals surface area contributed by atoms with Crippen molar-refractivity contribution in [2.24, 2.45) is 0 Å². The number of carbonyl (C=O) groups excluding carboxylic acids is 1. The zero-order chi connectivity index (χ0) is 15.2. The highest BCUT2D eigenvalue weighted by Crippen LogP contribution is 2.27. The second-order valence-corrected chi connectivity index (χ2v) is 5.40. The van der Waals surface area contributed by atoms with E-state index in [1.807, 2.05) is 19.2 Å². The first-order valence-corrected chi connectivity index (χ1v) is 7.15. The van der Waals surface area contributed by atoms with E-state index in [0.717, 1.165) is 0 Å². The summed E-state index contributed by atoms with van der Waals surface area (Å²) in [6.07, 6.45) is 3.53. The van der Waals surface area contributed by atoms with Gasteiger partial charge < -0.3 is 10.1 Å². The van der Waals surface area contributed by atoms with E-state index < -0.39 is 0 Å². The predicted octanol–water partition coefficient (Wildman–Crippen LogP) is 2.77. The van der Waals surface area contributed by atoms with E-state index >= 15 is 0 Å². The first kappa shape index (κ1) is 15.7. The Morgan fingerprint density at radius 2 is 2.29 bits per heavy atom. The van der Waals surface area contributed by atoms with E-state index in [9.17, 15) is 4.79 Å². The number of carbonyl (C=O) groups is 1. The molecular weight excluding hydrogens is 313 g/mol. The van der Waals surface area contributed by atoms with Crippen LogP contribution in [-0.4, -0.2) is 28.3 Å². The lowest BCUT2D eigenvalue weighted by Crippen LogP contribution is -2.38. The van der Waals surface area contributed by atoms with Gasteiger partial charge in [0, 0.05) is 23.5 Å². The average Bonchev–Trinajstić information content (AvgIpc) is 2.90. The molecule has 1 N–H and O–H groups in total. The van der Waals surface area contributed by atoms with Crippen LogP contribution >= 0.6 is 23.2 Å². The van der Waals surface area contributed by atoms with Gasteiger partial charge in [-0.25, -0.2) is 0 Å². The van der Waals surface area contributed by atoms with Gasteiger partial charge in [-0.3, -0.25) is 9.48 Å². The van der Waals surface area contributed by atoms with Crippen molar-refractivity contribution >= 4 is 29.1 Å². The topological polar surface area (TPSA) is 56.2 Å². The zero-order valence-corrected chi connectivity index (χ0v) is 12.9. The number of nitrogens with zero attached hydrogens (tertiary/aromatic N) is 2. The van der Waals surface area contributed by atoms with Gasteiger partial charge in [0.05, 0.1) is 11.6 Å². The quantitative estimate of drug-likeness (QED) is 0.887. The van der Waals surface area contributed by atoms with E-state index in [-0.39, 0.29) is 18.6 Å². The summed E-state index contributed by atoms with van der Waals surface area (Å²) in [6, 6.07) is 6.63. The molecule has 0 saturated carbocycles. The number of aromatic nitrogens is 2. The molecule has 0 spiro atoms. The zero-order valence-electron chi connectivity index (χ0n) is 11.4.